The molecule has 0 N–H and O–H groups in total. The summed E-state index contributed by atoms with van der Waals surface area (Å²) in [5.74, 6) is 1.10. The zero-order valence-corrected chi connectivity index (χ0v) is 14.3. The Balaban J connectivity index is 1.47. The molecular weight excluding hydrogens is 294 g/mol. The van der Waals surface area contributed by atoms with Crippen molar-refractivity contribution in [1.82, 2.24) is 4.90 Å². The Kier molecular flexibility index (Phi) is 4.24. The summed E-state index contributed by atoms with van der Waals surface area (Å²) < 4.78 is 0. The van der Waals surface area contributed by atoms with Gasteiger partial charge in [-0.25, -0.2) is 0 Å². The normalized spacial score (nSPS) is 25.5. The predicted molar refractivity (Wildman–Crippen MR) is 97.4 cm³/mol. The number of Topliss-reactive ketones (excluding diaryl/α,β-unsaturated/α-hetero) is 1. The van der Waals surface area contributed by atoms with Crippen LogP contribution in [0.2, 0.25) is 0 Å². The van der Waals surface area contributed by atoms with Crippen molar-refractivity contribution in [1.29, 1.82) is 0 Å². The summed E-state index contributed by atoms with van der Waals surface area (Å²) in [7, 11) is 0. The fourth-order valence-corrected chi connectivity index (χ4v) is 4.50. The fraction of sp³-hybridized carbons (Fsp3) is 0.409. The van der Waals surface area contributed by atoms with Crippen LogP contribution in [0.4, 0.5) is 0 Å². The third kappa shape index (κ3) is 2.80. The lowest BCUT2D eigenvalue weighted by Crippen LogP contribution is -2.49. The van der Waals surface area contributed by atoms with E-state index in [1.807, 2.05) is 12.1 Å². The van der Waals surface area contributed by atoms with Gasteiger partial charge in [0.25, 0.3) is 0 Å². The molecule has 2 heteroatoms. The third-order valence-electron chi connectivity index (χ3n) is 5.97. The van der Waals surface area contributed by atoms with E-state index in [0.717, 1.165) is 25.1 Å². The highest BCUT2D eigenvalue weighted by Gasteiger charge is 2.37. The minimum absolute atomic E-state index is 0.105. The first-order valence-electron chi connectivity index (χ1n) is 9.15. The SMILES string of the molecule is C[C@H]1C(=O)c2ccccc2CC1N1CCC(c2ccccc2)CC1. The van der Waals surface area contributed by atoms with Gasteiger partial charge < -0.3 is 0 Å². The molecule has 1 saturated heterocycles. The van der Waals surface area contributed by atoms with Crippen molar-refractivity contribution in [3.8, 4) is 0 Å². The van der Waals surface area contributed by atoms with E-state index in [0.29, 0.717) is 17.7 Å². The molecule has 0 bridgehead atoms. The average molecular weight is 319 g/mol. The van der Waals surface area contributed by atoms with E-state index in [9.17, 15) is 4.79 Å². The zero-order chi connectivity index (χ0) is 16.5. The van der Waals surface area contributed by atoms with E-state index in [1.54, 1.807) is 0 Å². The van der Waals surface area contributed by atoms with Crippen molar-refractivity contribution in [3.05, 3.63) is 71.3 Å². The van der Waals surface area contributed by atoms with Gasteiger partial charge in [0, 0.05) is 17.5 Å². The van der Waals surface area contributed by atoms with Crippen LogP contribution < -0.4 is 0 Å². The van der Waals surface area contributed by atoms with E-state index in [1.165, 1.54) is 24.0 Å². The van der Waals surface area contributed by atoms with Crippen molar-refractivity contribution in [2.75, 3.05) is 13.1 Å². The van der Waals surface area contributed by atoms with Crippen molar-refractivity contribution >= 4 is 5.78 Å². The van der Waals surface area contributed by atoms with Gasteiger partial charge in [-0.1, -0.05) is 61.5 Å². The molecule has 24 heavy (non-hydrogen) atoms. The molecule has 0 amide bonds. The topological polar surface area (TPSA) is 20.3 Å². The number of carbonyl (C=O) groups excluding carboxylic acids is 1. The molecule has 2 aliphatic rings. The number of hydrogen-bond acceptors (Lipinski definition) is 2. The summed E-state index contributed by atoms with van der Waals surface area (Å²) in [6, 6.07) is 19.4. The number of likely N-dealkylation sites (tertiary alicyclic amines) is 1. The van der Waals surface area contributed by atoms with E-state index >= 15 is 0 Å². The molecule has 0 saturated carbocycles. The first-order valence-corrected chi connectivity index (χ1v) is 9.15. The van der Waals surface area contributed by atoms with Gasteiger partial charge in [0.2, 0.25) is 0 Å². The van der Waals surface area contributed by atoms with Gasteiger partial charge in [-0.2, -0.15) is 0 Å². The number of carbonyl (C=O) groups is 1. The van der Waals surface area contributed by atoms with Gasteiger partial charge >= 0.3 is 0 Å². The molecule has 1 unspecified atom stereocenters. The second-order valence-corrected chi connectivity index (χ2v) is 7.30. The molecular formula is C22H25NO. The first-order chi connectivity index (χ1) is 11.7. The monoisotopic (exact) mass is 319 g/mol. The number of fused-ring (bicyclic) bond motifs is 1. The molecule has 1 fully saturated rings. The van der Waals surface area contributed by atoms with Crippen molar-refractivity contribution < 1.29 is 4.79 Å². The molecule has 4 rings (SSSR count). The maximum Gasteiger partial charge on any atom is 0.167 e. The second-order valence-electron chi connectivity index (χ2n) is 7.30. The van der Waals surface area contributed by atoms with Crippen molar-refractivity contribution in [3.63, 3.8) is 0 Å². The molecule has 124 valence electrons. The minimum Gasteiger partial charge on any atom is -0.299 e. The Bertz CT molecular complexity index is 716. The predicted octanol–water partition coefficient (Wildman–Crippen LogP) is 4.31. The highest BCUT2D eigenvalue weighted by atomic mass is 16.1. The Morgan fingerprint density at radius 3 is 2.33 bits per heavy atom. The van der Waals surface area contributed by atoms with Crippen molar-refractivity contribution in [2.45, 2.75) is 38.1 Å². The number of ketones is 1. The van der Waals surface area contributed by atoms with Gasteiger partial charge in [-0.15, -0.1) is 0 Å². The van der Waals surface area contributed by atoms with Gasteiger partial charge in [0.1, 0.15) is 0 Å². The molecule has 1 heterocycles. The highest BCUT2D eigenvalue weighted by Crippen LogP contribution is 2.34. The molecule has 0 radical (unpaired) electrons. The van der Waals surface area contributed by atoms with E-state index in [2.05, 4.69) is 54.3 Å². The van der Waals surface area contributed by atoms with Crippen LogP contribution in [-0.2, 0) is 6.42 Å². The largest absolute Gasteiger partial charge is 0.299 e. The zero-order valence-electron chi connectivity index (χ0n) is 14.3. The standard InChI is InChI=1S/C22H25NO/c1-16-21(15-19-9-5-6-10-20(19)22(16)24)23-13-11-18(12-14-23)17-7-3-2-4-8-17/h2-10,16,18,21H,11-15H2,1H3/t16-,21?/m1/s1. The fourth-order valence-electron chi connectivity index (χ4n) is 4.50. The van der Waals surface area contributed by atoms with Crippen LogP contribution >= 0.6 is 0 Å². The Hall–Kier alpha value is -1.93. The van der Waals surface area contributed by atoms with Gasteiger partial charge in [-0.05, 0) is 49.4 Å². The van der Waals surface area contributed by atoms with Crippen LogP contribution in [0.25, 0.3) is 0 Å². The minimum atomic E-state index is 0.105. The molecule has 1 aliphatic carbocycles. The van der Waals surface area contributed by atoms with Crippen molar-refractivity contribution in [2.24, 2.45) is 5.92 Å². The van der Waals surface area contributed by atoms with Crippen LogP contribution in [0.3, 0.4) is 0 Å². The van der Waals surface area contributed by atoms with Gasteiger partial charge in [-0.3, -0.25) is 9.69 Å². The molecule has 2 aromatic rings. The highest BCUT2D eigenvalue weighted by molar-refractivity contribution is 6.00. The summed E-state index contributed by atoms with van der Waals surface area (Å²) in [6.07, 6.45) is 3.41. The lowest BCUT2D eigenvalue weighted by Gasteiger charge is -2.42. The summed E-state index contributed by atoms with van der Waals surface area (Å²) in [6.45, 7) is 4.32. The Labute approximate surface area is 144 Å². The summed E-state index contributed by atoms with van der Waals surface area (Å²) >= 11 is 0. The molecule has 0 spiro atoms. The second kappa shape index (κ2) is 6.52. The van der Waals surface area contributed by atoms with Crippen LogP contribution in [0.5, 0.6) is 0 Å². The Morgan fingerprint density at radius 2 is 1.58 bits per heavy atom. The average Bonchev–Trinajstić information content (AvgIpc) is 2.66. The van der Waals surface area contributed by atoms with E-state index in [4.69, 9.17) is 0 Å². The summed E-state index contributed by atoms with van der Waals surface area (Å²) in [5.41, 5.74) is 3.64. The lowest BCUT2D eigenvalue weighted by atomic mass is 9.78. The molecule has 0 aromatic heterocycles. The van der Waals surface area contributed by atoms with Crippen LogP contribution in [0.1, 0.15) is 47.2 Å². The summed E-state index contributed by atoms with van der Waals surface area (Å²) in [5, 5.41) is 0. The summed E-state index contributed by atoms with van der Waals surface area (Å²) in [4.78, 5) is 15.3. The Morgan fingerprint density at radius 1 is 0.917 bits per heavy atom. The number of rotatable bonds is 2. The molecule has 2 atom stereocenters. The first kappa shape index (κ1) is 15.6. The van der Waals surface area contributed by atoms with Crippen LogP contribution in [0.15, 0.2) is 54.6 Å². The lowest BCUT2D eigenvalue weighted by molar-refractivity contribution is 0.0707. The van der Waals surface area contributed by atoms with Crippen LogP contribution in [-0.4, -0.2) is 29.8 Å². The number of hydrogen-bond donors (Lipinski definition) is 0. The maximum atomic E-state index is 12.7. The third-order valence-corrected chi connectivity index (χ3v) is 5.97. The van der Waals surface area contributed by atoms with Gasteiger partial charge in [0.15, 0.2) is 5.78 Å². The smallest absolute Gasteiger partial charge is 0.167 e. The van der Waals surface area contributed by atoms with E-state index < -0.39 is 0 Å². The molecule has 2 nitrogen and oxygen atoms in total. The molecule has 2 aromatic carbocycles. The number of benzene rings is 2. The quantitative estimate of drug-likeness (QED) is 0.822. The number of nitrogens with zero attached hydrogens (tertiary/aromatic N) is 1. The van der Waals surface area contributed by atoms with Crippen LogP contribution in [0, 0.1) is 5.92 Å². The van der Waals surface area contributed by atoms with Gasteiger partial charge in [0.05, 0.1) is 0 Å². The maximum absolute atomic E-state index is 12.7. The van der Waals surface area contributed by atoms with E-state index in [-0.39, 0.29) is 5.92 Å². The molecule has 1 aliphatic heterocycles. The number of piperidine rings is 1.